The lowest BCUT2D eigenvalue weighted by Crippen LogP contribution is -2.32. The molecule has 4 heterocycles. The molecule has 266 valence electrons. The summed E-state index contributed by atoms with van der Waals surface area (Å²) < 4.78 is 12.8. The molecule has 0 bridgehead atoms. The van der Waals surface area contributed by atoms with Crippen LogP contribution < -0.4 is 9.47 Å². The molecule has 0 saturated carbocycles. The molecule has 2 amide bonds. The molecule has 2 aromatic carbocycles. The molecule has 4 aromatic rings. The average Bonchev–Trinajstić information content (AvgIpc) is 3.80. The van der Waals surface area contributed by atoms with Crippen molar-refractivity contribution < 1.29 is 19.1 Å². The normalized spacial score (nSPS) is 14.0. The van der Waals surface area contributed by atoms with Gasteiger partial charge in [-0.1, -0.05) is 54.4 Å². The van der Waals surface area contributed by atoms with Crippen LogP contribution >= 0.6 is 0 Å². The van der Waals surface area contributed by atoms with Crippen molar-refractivity contribution in [2.24, 2.45) is 11.8 Å². The third-order valence-electron chi connectivity index (χ3n) is 10.1. The van der Waals surface area contributed by atoms with E-state index in [2.05, 4.69) is 85.7 Å². The Kier molecular flexibility index (Phi) is 10.9. The molecule has 2 aromatic heterocycles. The molecule has 0 radical (unpaired) electrons. The summed E-state index contributed by atoms with van der Waals surface area (Å²) in [6.45, 7) is 15.9. The van der Waals surface area contributed by atoms with Crippen LogP contribution in [0, 0.1) is 11.8 Å². The minimum atomic E-state index is 0.177. The Balaban J connectivity index is 1.20. The van der Waals surface area contributed by atoms with Crippen LogP contribution in [0.1, 0.15) is 103 Å². The Morgan fingerprint density at radius 2 is 1.12 bits per heavy atom. The number of hydrogen-bond donors (Lipinski definition) is 2. The van der Waals surface area contributed by atoms with Crippen molar-refractivity contribution >= 4 is 11.8 Å². The van der Waals surface area contributed by atoms with E-state index in [1.807, 2.05) is 22.2 Å². The van der Waals surface area contributed by atoms with Gasteiger partial charge in [-0.25, -0.2) is 9.97 Å². The maximum Gasteiger partial charge on any atom is 0.223 e. The number of amides is 2. The standard InChI is InChI=1S/C40H52N6O4/c1-7-11-45(37(47)13-25(5)9-3)21-35-41-19-31(43-35)27-15-29-23-50-34-18-28(16-30-24-49-33(17-27)39(29)40(30)34)32-20-42-36(44-32)22-46(12-8-2)38(48)14-26(6)10-4/h15-20,25-26H,7-14,21-24H2,1-6H3,(H,41,43)(H,42,44)/t25-,26-/m0/s1. The van der Waals surface area contributed by atoms with E-state index in [1.54, 1.807) is 0 Å². The van der Waals surface area contributed by atoms with Crippen molar-refractivity contribution in [3.63, 3.8) is 0 Å². The molecule has 10 nitrogen and oxygen atoms in total. The molecule has 0 saturated heterocycles. The van der Waals surface area contributed by atoms with Crippen molar-refractivity contribution in [1.29, 1.82) is 0 Å². The lowest BCUT2D eigenvalue weighted by Gasteiger charge is -2.30. The molecule has 2 atom stereocenters. The molecule has 0 fully saturated rings. The van der Waals surface area contributed by atoms with Crippen LogP contribution in [0.2, 0.25) is 0 Å². The second-order valence-electron chi connectivity index (χ2n) is 14.1. The number of aromatic amines is 2. The molecular formula is C40H52N6O4. The second kappa shape index (κ2) is 15.5. The van der Waals surface area contributed by atoms with Crippen LogP contribution in [0.5, 0.6) is 11.5 Å². The highest BCUT2D eigenvalue weighted by atomic mass is 16.5. The van der Waals surface area contributed by atoms with Gasteiger partial charge in [-0.3, -0.25) is 9.59 Å². The van der Waals surface area contributed by atoms with Gasteiger partial charge < -0.3 is 29.2 Å². The second-order valence-corrected chi connectivity index (χ2v) is 14.1. The molecule has 0 spiro atoms. The third kappa shape index (κ3) is 7.59. The molecular weight excluding hydrogens is 628 g/mol. The number of hydrogen-bond acceptors (Lipinski definition) is 6. The first-order valence-corrected chi connectivity index (χ1v) is 18.4. The molecule has 0 unspecified atom stereocenters. The van der Waals surface area contributed by atoms with E-state index < -0.39 is 0 Å². The Hall–Kier alpha value is -4.60. The van der Waals surface area contributed by atoms with Gasteiger partial charge in [0.15, 0.2) is 0 Å². The number of carbonyl (C=O) groups excluding carboxylic acids is 2. The van der Waals surface area contributed by atoms with Crippen molar-refractivity contribution in [2.45, 2.75) is 106 Å². The molecule has 50 heavy (non-hydrogen) atoms. The minimum Gasteiger partial charge on any atom is -0.488 e. The van der Waals surface area contributed by atoms with Gasteiger partial charge in [0.25, 0.3) is 0 Å². The number of H-pyrrole nitrogens is 2. The number of imidazole rings is 2. The van der Waals surface area contributed by atoms with Crippen molar-refractivity contribution in [3.05, 3.63) is 59.4 Å². The van der Waals surface area contributed by atoms with E-state index in [1.165, 1.54) is 0 Å². The van der Waals surface area contributed by atoms with E-state index in [9.17, 15) is 9.59 Å². The summed E-state index contributed by atoms with van der Waals surface area (Å²) in [5.74, 6) is 4.28. The summed E-state index contributed by atoms with van der Waals surface area (Å²) in [4.78, 5) is 46.0. The predicted molar refractivity (Wildman–Crippen MR) is 195 cm³/mol. The number of ether oxygens (including phenoxy) is 2. The van der Waals surface area contributed by atoms with Crippen LogP contribution in [-0.2, 0) is 35.9 Å². The molecule has 6 rings (SSSR count). The van der Waals surface area contributed by atoms with Gasteiger partial charge in [-0.05, 0) is 48.9 Å². The highest BCUT2D eigenvalue weighted by molar-refractivity contribution is 5.88. The number of rotatable bonds is 16. The number of aromatic nitrogens is 4. The maximum absolute atomic E-state index is 13.0. The summed E-state index contributed by atoms with van der Waals surface area (Å²) in [5, 5.41) is 0. The number of nitrogens with one attached hydrogen (secondary N) is 2. The first kappa shape index (κ1) is 35.2. The largest absolute Gasteiger partial charge is 0.488 e. The molecule has 2 N–H and O–H groups in total. The lowest BCUT2D eigenvalue weighted by molar-refractivity contribution is -0.133. The van der Waals surface area contributed by atoms with E-state index in [-0.39, 0.29) is 11.8 Å². The average molecular weight is 681 g/mol. The van der Waals surface area contributed by atoms with E-state index in [4.69, 9.17) is 9.47 Å². The van der Waals surface area contributed by atoms with Gasteiger partial charge in [-0.15, -0.1) is 0 Å². The predicted octanol–water partition coefficient (Wildman–Crippen LogP) is 8.27. The maximum atomic E-state index is 13.0. The highest BCUT2D eigenvalue weighted by Crippen LogP contribution is 2.50. The summed E-state index contributed by atoms with van der Waals surface area (Å²) in [6.07, 6.45) is 8.57. The van der Waals surface area contributed by atoms with Crippen LogP contribution in [0.4, 0.5) is 0 Å². The summed E-state index contributed by atoms with van der Waals surface area (Å²) >= 11 is 0. The van der Waals surface area contributed by atoms with Crippen molar-refractivity contribution in [3.8, 4) is 45.1 Å². The lowest BCUT2D eigenvalue weighted by atomic mass is 9.87. The van der Waals surface area contributed by atoms with Crippen molar-refractivity contribution in [2.75, 3.05) is 13.1 Å². The van der Waals surface area contributed by atoms with Gasteiger partial charge >= 0.3 is 0 Å². The van der Waals surface area contributed by atoms with Crippen LogP contribution in [-0.4, -0.2) is 54.6 Å². The third-order valence-corrected chi connectivity index (χ3v) is 10.1. The zero-order valence-electron chi connectivity index (χ0n) is 30.5. The fourth-order valence-electron chi connectivity index (χ4n) is 6.80. The van der Waals surface area contributed by atoms with Gasteiger partial charge in [0.2, 0.25) is 11.8 Å². The van der Waals surface area contributed by atoms with Crippen molar-refractivity contribution in [1.82, 2.24) is 29.7 Å². The van der Waals surface area contributed by atoms with Crippen LogP contribution in [0.15, 0.2) is 36.7 Å². The van der Waals surface area contributed by atoms with E-state index >= 15 is 0 Å². The minimum absolute atomic E-state index is 0.177. The Labute approximate surface area is 296 Å². The van der Waals surface area contributed by atoms with Crippen LogP contribution in [0.25, 0.3) is 33.6 Å². The first-order chi connectivity index (χ1) is 24.2. The summed E-state index contributed by atoms with van der Waals surface area (Å²) in [6, 6.07) is 8.45. The molecule has 2 aliphatic rings. The zero-order chi connectivity index (χ0) is 35.4. The number of nitrogens with zero attached hydrogens (tertiary/aromatic N) is 4. The van der Waals surface area contributed by atoms with Gasteiger partial charge in [0, 0.05) is 59.3 Å². The summed E-state index contributed by atoms with van der Waals surface area (Å²) in [7, 11) is 0. The zero-order valence-corrected chi connectivity index (χ0v) is 30.5. The fourth-order valence-corrected chi connectivity index (χ4v) is 6.80. The SMILES string of the molecule is CCCN(Cc1ncc(-c2cc3c4c(c2)OCc2cc(-c5cnc(CN(CCC)C(=O)C[C@@H](C)CC)[nH]5)cc(c2-4)OC3)[nH]1)C(=O)C[C@@H](C)CC. The Morgan fingerprint density at radius 3 is 1.50 bits per heavy atom. The quantitative estimate of drug-likeness (QED) is 0.123. The van der Waals surface area contributed by atoms with Gasteiger partial charge in [0.05, 0.1) is 36.9 Å². The topological polar surface area (TPSA) is 116 Å². The monoisotopic (exact) mass is 680 g/mol. The highest BCUT2D eigenvalue weighted by Gasteiger charge is 2.30. The van der Waals surface area contributed by atoms with Crippen LogP contribution in [0.3, 0.4) is 0 Å². The first-order valence-electron chi connectivity index (χ1n) is 18.4. The summed E-state index contributed by atoms with van der Waals surface area (Å²) in [5.41, 5.74) is 8.00. The van der Waals surface area contributed by atoms with Gasteiger partial charge in [0.1, 0.15) is 36.4 Å². The van der Waals surface area contributed by atoms with E-state index in [0.717, 1.165) is 93.6 Å². The fraction of sp³-hybridized carbons (Fsp3) is 0.500. The number of carbonyl (C=O) groups is 2. The Morgan fingerprint density at radius 1 is 0.700 bits per heavy atom. The van der Waals surface area contributed by atoms with Gasteiger partial charge in [-0.2, -0.15) is 0 Å². The molecule has 2 aliphatic heterocycles. The van der Waals surface area contributed by atoms with E-state index in [0.29, 0.717) is 64.1 Å². The Bertz CT molecular complexity index is 1640. The molecule has 0 aliphatic carbocycles. The number of benzene rings is 2. The molecule has 10 heteroatoms. The smallest absolute Gasteiger partial charge is 0.223 e.